The summed E-state index contributed by atoms with van der Waals surface area (Å²) in [6.07, 6.45) is 2.80. The summed E-state index contributed by atoms with van der Waals surface area (Å²) in [6, 6.07) is 5.99. The zero-order chi connectivity index (χ0) is 13.0. The van der Waals surface area contributed by atoms with E-state index in [1.165, 1.54) is 24.5 Å². The number of aromatic nitrogens is 2. The van der Waals surface area contributed by atoms with Crippen molar-refractivity contribution in [2.24, 2.45) is 0 Å². The minimum atomic E-state index is -1.03. The highest BCUT2D eigenvalue weighted by Crippen LogP contribution is 2.14. The maximum Gasteiger partial charge on any atom is 0.335 e. The van der Waals surface area contributed by atoms with E-state index in [0.717, 1.165) is 0 Å². The van der Waals surface area contributed by atoms with Crippen molar-refractivity contribution in [2.45, 2.75) is 6.67 Å². The summed E-state index contributed by atoms with van der Waals surface area (Å²) in [5.74, 6) is -0.182. The zero-order valence-corrected chi connectivity index (χ0v) is 9.30. The first-order chi connectivity index (χ1) is 8.69. The van der Waals surface area contributed by atoms with E-state index in [0.29, 0.717) is 17.2 Å². The van der Waals surface area contributed by atoms with Crippen molar-refractivity contribution in [1.29, 1.82) is 0 Å². The summed E-state index contributed by atoms with van der Waals surface area (Å²) in [4.78, 5) is 18.7. The number of anilines is 2. The van der Waals surface area contributed by atoms with E-state index < -0.39 is 12.6 Å². The highest BCUT2D eigenvalue weighted by atomic mass is 19.1. The van der Waals surface area contributed by atoms with Crippen molar-refractivity contribution in [1.82, 2.24) is 9.97 Å². The van der Waals surface area contributed by atoms with Gasteiger partial charge in [0.2, 0.25) is 0 Å². The number of nitrogens with zero attached hydrogens (tertiary/aromatic N) is 2. The van der Waals surface area contributed by atoms with Crippen LogP contribution in [0.15, 0.2) is 36.7 Å². The Bertz CT molecular complexity index is 558. The number of rotatable bonds is 4. The second-order valence-electron chi connectivity index (χ2n) is 3.55. The molecule has 0 fully saturated rings. The van der Waals surface area contributed by atoms with Gasteiger partial charge in [0.05, 0.1) is 5.56 Å². The average Bonchev–Trinajstić information content (AvgIpc) is 2.40. The van der Waals surface area contributed by atoms with Gasteiger partial charge in [-0.2, -0.15) is 0 Å². The Hall–Kier alpha value is -2.50. The summed E-state index contributed by atoms with van der Waals surface area (Å²) in [7, 11) is 0. The molecule has 0 atom stereocenters. The van der Waals surface area contributed by atoms with Crippen molar-refractivity contribution >= 4 is 17.6 Å². The quantitative estimate of drug-likeness (QED) is 0.867. The molecule has 6 heteroatoms. The molecule has 2 aromatic heterocycles. The summed E-state index contributed by atoms with van der Waals surface area (Å²) in [5, 5.41) is 11.7. The van der Waals surface area contributed by atoms with E-state index in [1.807, 2.05) is 0 Å². The van der Waals surface area contributed by atoms with Crippen LogP contribution in [0.3, 0.4) is 0 Å². The number of carboxylic acids is 1. The van der Waals surface area contributed by atoms with Gasteiger partial charge in [-0.05, 0) is 18.2 Å². The third kappa shape index (κ3) is 2.79. The maximum atomic E-state index is 12.3. The van der Waals surface area contributed by atoms with Crippen LogP contribution in [0.5, 0.6) is 0 Å². The molecule has 0 radical (unpaired) electrons. The fourth-order valence-corrected chi connectivity index (χ4v) is 1.34. The molecule has 0 aliphatic carbocycles. The Morgan fingerprint density at radius 2 is 2.11 bits per heavy atom. The Labute approximate surface area is 102 Å². The van der Waals surface area contributed by atoms with Gasteiger partial charge in [-0.15, -0.1) is 0 Å². The molecule has 0 aliphatic heterocycles. The predicted molar refractivity (Wildman–Crippen MR) is 63.5 cm³/mol. The lowest BCUT2D eigenvalue weighted by atomic mass is 10.2. The molecule has 0 unspecified atom stereocenters. The van der Waals surface area contributed by atoms with E-state index in [9.17, 15) is 9.18 Å². The van der Waals surface area contributed by atoms with E-state index >= 15 is 0 Å². The molecule has 18 heavy (non-hydrogen) atoms. The summed E-state index contributed by atoms with van der Waals surface area (Å²) >= 11 is 0. The Kier molecular flexibility index (Phi) is 3.47. The lowest BCUT2D eigenvalue weighted by molar-refractivity contribution is 0.0697. The number of carbonyl (C=O) groups is 1. The van der Waals surface area contributed by atoms with Gasteiger partial charge < -0.3 is 10.4 Å². The summed E-state index contributed by atoms with van der Waals surface area (Å²) in [6.45, 7) is -0.569. The molecule has 92 valence electrons. The van der Waals surface area contributed by atoms with Crippen molar-refractivity contribution in [2.75, 3.05) is 5.32 Å². The van der Waals surface area contributed by atoms with Gasteiger partial charge in [0.15, 0.2) is 0 Å². The minimum absolute atomic E-state index is 0.132. The number of hydrogen-bond acceptors (Lipinski definition) is 4. The van der Waals surface area contributed by atoms with Gasteiger partial charge in [-0.25, -0.2) is 19.2 Å². The fourth-order valence-electron chi connectivity index (χ4n) is 1.34. The Morgan fingerprint density at radius 1 is 1.28 bits per heavy atom. The van der Waals surface area contributed by atoms with Crippen molar-refractivity contribution < 1.29 is 14.3 Å². The highest BCUT2D eigenvalue weighted by molar-refractivity contribution is 5.88. The molecule has 0 aliphatic rings. The number of pyridine rings is 2. The van der Waals surface area contributed by atoms with E-state index in [2.05, 4.69) is 15.3 Å². The molecule has 2 aromatic rings. The van der Waals surface area contributed by atoms with Crippen LogP contribution in [0.1, 0.15) is 15.9 Å². The first-order valence-corrected chi connectivity index (χ1v) is 5.16. The van der Waals surface area contributed by atoms with Gasteiger partial charge in [-0.1, -0.05) is 6.07 Å². The summed E-state index contributed by atoms with van der Waals surface area (Å²) in [5.41, 5.74) is 0.612. The van der Waals surface area contributed by atoms with Gasteiger partial charge in [0.1, 0.15) is 18.3 Å². The number of aromatic carboxylic acids is 1. The normalized spacial score (nSPS) is 10.1. The van der Waals surface area contributed by atoms with Crippen LogP contribution in [0.25, 0.3) is 0 Å². The van der Waals surface area contributed by atoms with Gasteiger partial charge in [0, 0.05) is 18.0 Å². The second kappa shape index (κ2) is 5.22. The number of carboxylic acid groups (broad SMARTS) is 1. The van der Waals surface area contributed by atoms with Gasteiger partial charge >= 0.3 is 5.97 Å². The molecule has 5 nitrogen and oxygen atoms in total. The lowest BCUT2D eigenvalue weighted by Crippen LogP contribution is -2.00. The van der Waals surface area contributed by atoms with Crippen LogP contribution in [-0.4, -0.2) is 21.0 Å². The molecular formula is C12H10FN3O2. The molecule has 2 rings (SSSR count). The molecular weight excluding hydrogens is 237 g/mol. The zero-order valence-electron chi connectivity index (χ0n) is 9.30. The fraction of sp³-hybridized carbons (Fsp3) is 0.0833. The third-order valence-electron chi connectivity index (χ3n) is 2.24. The van der Waals surface area contributed by atoms with E-state index in [4.69, 9.17) is 5.11 Å². The lowest BCUT2D eigenvalue weighted by Gasteiger charge is -2.05. The van der Waals surface area contributed by atoms with Crippen LogP contribution in [0.2, 0.25) is 0 Å². The number of nitrogens with one attached hydrogen (secondary N) is 1. The van der Waals surface area contributed by atoms with E-state index in [-0.39, 0.29) is 5.56 Å². The molecule has 0 saturated carbocycles. The second-order valence-corrected chi connectivity index (χ2v) is 3.55. The number of halogens is 1. The molecule has 2 heterocycles. The van der Waals surface area contributed by atoms with Crippen molar-refractivity contribution in [3.05, 3.63) is 47.8 Å². The van der Waals surface area contributed by atoms with Gasteiger partial charge in [0.25, 0.3) is 0 Å². The van der Waals surface area contributed by atoms with Crippen LogP contribution in [-0.2, 0) is 6.67 Å². The standard InChI is InChI=1S/C12H10FN3O2/c13-6-8-1-2-10(15-7-8)16-11-5-9(12(17)18)3-4-14-11/h1-5,7H,6H2,(H,17,18)(H,14,15,16). The van der Waals surface area contributed by atoms with Crippen molar-refractivity contribution in [3.63, 3.8) is 0 Å². The van der Waals surface area contributed by atoms with Crippen molar-refractivity contribution in [3.8, 4) is 0 Å². The molecule has 0 bridgehead atoms. The molecule has 0 spiro atoms. The smallest absolute Gasteiger partial charge is 0.335 e. The largest absolute Gasteiger partial charge is 0.478 e. The topological polar surface area (TPSA) is 75.1 Å². The van der Waals surface area contributed by atoms with Gasteiger partial charge in [-0.3, -0.25) is 0 Å². The average molecular weight is 247 g/mol. The molecule has 0 saturated heterocycles. The first-order valence-electron chi connectivity index (χ1n) is 5.16. The molecule has 2 N–H and O–H groups in total. The Balaban J connectivity index is 2.17. The molecule has 0 amide bonds. The monoisotopic (exact) mass is 247 g/mol. The van der Waals surface area contributed by atoms with Crippen LogP contribution < -0.4 is 5.32 Å². The van der Waals surface area contributed by atoms with Crippen LogP contribution in [0, 0.1) is 0 Å². The summed E-state index contributed by atoms with van der Waals surface area (Å²) < 4.78 is 12.3. The minimum Gasteiger partial charge on any atom is -0.478 e. The van der Waals surface area contributed by atoms with Crippen LogP contribution >= 0.6 is 0 Å². The predicted octanol–water partition coefficient (Wildman–Crippen LogP) is 2.39. The number of hydrogen-bond donors (Lipinski definition) is 2. The third-order valence-corrected chi connectivity index (χ3v) is 2.24. The first kappa shape index (κ1) is 12.0. The maximum absolute atomic E-state index is 12.3. The number of alkyl halides is 1. The van der Waals surface area contributed by atoms with E-state index in [1.54, 1.807) is 12.1 Å². The Morgan fingerprint density at radius 3 is 2.72 bits per heavy atom. The molecule has 0 aromatic carbocycles. The SMILES string of the molecule is O=C(O)c1ccnc(Nc2ccc(CF)cn2)c1. The highest BCUT2D eigenvalue weighted by Gasteiger charge is 2.04. The van der Waals surface area contributed by atoms with Crippen LogP contribution in [0.4, 0.5) is 16.0 Å².